The van der Waals surface area contributed by atoms with E-state index in [0.717, 1.165) is 16.3 Å². The summed E-state index contributed by atoms with van der Waals surface area (Å²) in [4.78, 5) is 0.914. The van der Waals surface area contributed by atoms with Crippen molar-refractivity contribution in [3.05, 3.63) is 30.1 Å². The molecule has 0 aliphatic heterocycles. The summed E-state index contributed by atoms with van der Waals surface area (Å²) >= 11 is 1.65. The number of thiazole rings is 1. The van der Waals surface area contributed by atoms with Crippen molar-refractivity contribution < 1.29 is 0 Å². The summed E-state index contributed by atoms with van der Waals surface area (Å²) in [5, 5.41) is 8.44. The first-order valence-electron chi connectivity index (χ1n) is 5.66. The first-order valence-corrected chi connectivity index (χ1v) is 6.48. The molecule has 0 saturated heterocycles. The van der Waals surface area contributed by atoms with Crippen molar-refractivity contribution in [1.82, 2.24) is 14.6 Å². The Morgan fingerprint density at radius 1 is 1.24 bits per heavy atom. The molecule has 0 bridgehead atoms. The Kier molecular flexibility index (Phi) is 2.38. The number of para-hydroxylation sites is 1. The monoisotopic (exact) mass is 246 g/mol. The number of hydrogen-bond donors (Lipinski definition) is 1. The molecule has 2 heterocycles. The zero-order valence-corrected chi connectivity index (χ0v) is 10.6. The first kappa shape index (κ1) is 10.7. The van der Waals surface area contributed by atoms with Gasteiger partial charge in [-0.1, -0.05) is 37.3 Å². The average Bonchev–Trinajstić information content (AvgIpc) is 2.86. The van der Waals surface area contributed by atoms with Gasteiger partial charge in [0, 0.05) is 0 Å². The molecule has 1 unspecified atom stereocenters. The van der Waals surface area contributed by atoms with Crippen LogP contribution < -0.4 is 5.73 Å². The highest BCUT2D eigenvalue weighted by Crippen LogP contribution is 2.28. The molecule has 0 amide bonds. The van der Waals surface area contributed by atoms with E-state index in [1.54, 1.807) is 11.3 Å². The summed E-state index contributed by atoms with van der Waals surface area (Å²) in [6.45, 7) is 4.20. The van der Waals surface area contributed by atoms with Crippen molar-refractivity contribution in [2.45, 2.75) is 19.9 Å². The molecule has 0 fully saturated rings. The van der Waals surface area contributed by atoms with Crippen LogP contribution in [-0.2, 0) is 0 Å². The number of rotatable bonds is 2. The lowest BCUT2D eigenvalue weighted by molar-refractivity contribution is 0.488. The second-order valence-corrected chi connectivity index (χ2v) is 5.52. The molecule has 3 aromatic rings. The number of aromatic nitrogens is 3. The normalized spacial score (nSPS) is 13.9. The number of benzene rings is 1. The van der Waals surface area contributed by atoms with E-state index in [0.29, 0.717) is 5.92 Å². The lowest BCUT2D eigenvalue weighted by atomic mass is 10.1. The van der Waals surface area contributed by atoms with Crippen LogP contribution in [0.5, 0.6) is 0 Å². The first-order chi connectivity index (χ1) is 8.18. The third-order valence-corrected chi connectivity index (χ3v) is 3.99. The number of nitrogens with two attached hydrogens (primary N) is 1. The maximum Gasteiger partial charge on any atom is 0.217 e. The van der Waals surface area contributed by atoms with Crippen molar-refractivity contribution in [2.24, 2.45) is 11.7 Å². The van der Waals surface area contributed by atoms with E-state index in [4.69, 9.17) is 5.73 Å². The van der Waals surface area contributed by atoms with Gasteiger partial charge in [-0.2, -0.15) is 0 Å². The van der Waals surface area contributed by atoms with Gasteiger partial charge < -0.3 is 5.73 Å². The molecule has 88 valence electrons. The van der Waals surface area contributed by atoms with E-state index in [1.807, 2.05) is 12.1 Å². The third kappa shape index (κ3) is 1.54. The van der Waals surface area contributed by atoms with E-state index >= 15 is 0 Å². The molecular weight excluding hydrogens is 232 g/mol. The van der Waals surface area contributed by atoms with Gasteiger partial charge in [0.1, 0.15) is 0 Å². The van der Waals surface area contributed by atoms with Gasteiger partial charge in [-0.25, -0.2) is 0 Å². The van der Waals surface area contributed by atoms with Gasteiger partial charge in [0.2, 0.25) is 4.96 Å². The van der Waals surface area contributed by atoms with Crippen LogP contribution in [0.2, 0.25) is 0 Å². The highest BCUT2D eigenvalue weighted by atomic mass is 32.1. The van der Waals surface area contributed by atoms with Crippen LogP contribution in [0.4, 0.5) is 0 Å². The van der Waals surface area contributed by atoms with Gasteiger partial charge in [0.05, 0.1) is 16.3 Å². The zero-order valence-electron chi connectivity index (χ0n) is 9.79. The maximum atomic E-state index is 6.18. The SMILES string of the molecule is CC(C)C(N)c1nnc2sc3ccccc3n12. The Balaban J connectivity index is 2.32. The molecule has 0 aliphatic carbocycles. The standard InChI is InChI=1S/C12H14N4S/c1-7(2)10(13)11-14-15-12-16(11)8-5-3-4-6-9(8)17-12/h3-7,10H,13H2,1-2H3. The minimum Gasteiger partial charge on any atom is -0.321 e. The largest absolute Gasteiger partial charge is 0.321 e. The second-order valence-electron chi connectivity index (χ2n) is 4.52. The van der Waals surface area contributed by atoms with Crippen LogP contribution in [-0.4, -0.2) is 14.6 Å². The van der Waals surface area contributed by atoms with Gasteiger partial charge >= 0.3 is 0 Å². The zero-order chi connectivity index (χ0) is 12.0. The second kappa shape index (κ2) is 3.78. The van der Waals surface area contributed by atoms with Gasteiger partial charge in [-0.3, -0.25) is 4.40 Å². The van der Waals surface area contributed by atoms with Gasteiger partial charge in [0.25, 0.3) is 0 Å². The van der Waals surface area contributed by atoms with Crippen LogP contribution in [0.15, 0.2) is 24.3 Å². The Morgan fingerprint density at radius 2 is 2.00 bits per heavy atom. The van der Waals surface area contributed by atoms with Crippen molar-refractivity contribution >= 4 is 26.5 Å². The van der Waals surface area contributed by atoms with Crippen LogP contribution >= 0.6 is 11.3 Å². The Labute approximate surface area is 103 Å². The van der Waals surface area contributed by atoms with Crippen molar-refractivity contribution in [3.63, 3.8) is 0 Å². The lowest BCUT2D eigenvalue weighted by Gasteiger charge is -2.12. The van der Waals surface area contributed by atoms with Gasteiger partial charge in [-0.15, -0.1) is 10.2 Å². The molecule has 0 spiro atoms. The predicted octanol–water partition coefficient (Wildman–Crippen LogP) is 2.60. The smallest absolute Gasteiger partial charge is 0.217 e. The van der Waals surface area contributed by atoms with E-state index in [-0.39, 0.29) is 6.04 Å². The quantitative estimate of drug-likeness (QED) is 0.756. The minimum absolute atomic E-state index is 0.0805. The Morgan fingerprint density at radius 3 is 2.76 bits per heavy atom. The molecule has 2 N–H and O–H groups in total. The summed E-state index contributed by atoms with van der Waals surface area (Å²) in [5.41, 5.74) is 7.32. The summed E-state index contributed by atoms with van der Waals surface area (Å²) in [6, 6.07) is 8.16. The lowest BCUT2D eigenvalue weighted by Crippen LogP contribution is -2.19. The molecular formula is C12H14N4S. The number of fused-ring (bicyclic) bond motifs is 3. The molecule has 17 heavy (non-hydrogen) atoms. The van der Waals surface area contributed by atoms with Crippen molar-refractivity contribution in [2.75, 3.05) is 0 Å². The molecule has 1 aromatic carbocycles. The summed E-state index contributed by atoms with van der Waals surface area (Å²) in [5.74, 6) is 1.20. The highest BCUT2D eigenvalue weighted by molar-refractivity contribution is 7.23. The third-order valence-electron chi connectivity index (χ3n) is 2.98. The van der Waals surface area contributed by atoms with E-state index in [9.17, 15) is 0 Å². The summed E-state index contributed by atoms with van der Waals surface area (Å²) in [7, 11) is 0. The topological polar surface area (TPSA) is 56.2 Å². The van der Waals surface area contributed by atoms with Crippen LogP contribution in [0.1, 0.15) is 25.7 Å². The Hall–Kier alpha value is -1.46. The molecule has 3 rings (SSSR count). The molecule has 0 aliphatic rings. The molecule has 4 nitrogen and oxygen atoms in total. The molecule has 1 atom stereocenters. The van der Waals surface area contributed by atoms with Crippen molar-refractivity contribution in [3.8, 4) is 0 Å². The van der Waals surface area contributed by atoms with Crippen LogP contribution in [0, 0.1) is 5.92 Å². The average molecular weight is 246 g/mol. The number of nitrogens with zero attached hydrogens (tertiary/aromatic N) is 3. The fourth-order valence-corrected chi connectivity index (χ4v) is 2.89. The van der Waals surface area contributed by atoms with E-state index in [2.05, 4.69) is 40.6 Å². The number of hydrogen-bond acceptors (Lipinski definition) is 4. The van der Waals surface area contributed by atoms with Crippen LogP contribution in [0.3, 0.4) is 0 Å². The fraction of sp³-hybridized carbons (Fsp3) is 0.333. The highest BCUT2D eigenvalue weighted by Gasteiger charge is 2.19. The molecule has 2 aromatic heterocycles. The molecule has 0 saturated carbocycles. The summed E-state index contributed by atoms with van der Waals surface area (Å²) < 4.78 is 3.29. The molecule has 0 radical (unpaired) electrons. The van der Waals surface area contributed by atoms with Crippen molar-refractivity contribution in [1.29, 1.82) is 0 Å². The summed E-state index contributed by atoms with van der Waals surface area (Å²) in [6.07, 6.45) is 0. The predicted molar refractivity (Wildman–Crippen MR) is 70.1 cm³/mol. The van der Waals surface area contributed by atoms with Gasteiger partial charge in [-0.05, 0) is 18.1 Å². The maximum absolute atomic E-state index is 6.18. The van der Waals surface area contributed by atoms with E-state index < -0.39 is 0 Å². The Bertz CT molecular complexity index is 667. The van der Waals surface area contributed by atoms with Crippen LogP contribution in [0.25, 0.3) is 15.2 Å². The van der Waals surface area contributed by atoms with E-state index in [1.165, 1.54) is 4.70 Å². The molecule has 5 heteroatoms. The van der Waals surface area contributed by atoms with Gasteiger partial charge in [0.15, 0.2) is 5.82 Å². The minimum atomic E-state index is -0.0805. The fourth-order valence-electron chi connectivity index (χ4n) is 1.91.